The maximum absolute atomic E-state index is 10.9. The SMILES string of the molecule is Oc1ccc[n+]2c1[C@@H]1c3ccccc3[C@H]2CC1(c1ccoc1)c1ccoc1.[Cl-]. The molecule has 28 heavy (non-hydrogen) atoms. The van der Waals surface area contributed by atoms with Crippen LogP contribution in [0.3, 0.4) is 0 Å². The van der Waals surface area contributed by atoms with Crippen molar-refractivity contribution < 1.29 is 30.9 Å². The molecule has 140 valence electrons. The molecule has 2 bridgehead atoms. The molecule has 0 fully saturated rings. The smallest absolute Gasteiger partial charge is 0.232 e. The number of pyridine rings is 1. The number of aromatic nitrogens is 1. The average molecular weight is 392 g/mol. The average Bonchev–Trinajstić information content (AvgIpc) is 3.43. The first kappa shape index (κ1) is 17.1. The van der Waals surface area contributed by atoms with E-state index in [4.69, 9.17) is 8.83 Å². The normalized spacial score (nSPS) is 20.9. The minimum Gasteiger partial charge on any atom is -1.00 e. The summed E-state index contributed by atoms with van der Waals surface area (Å²) >= 11 is 0. The fourth-order valence-corrected chi connectivity index (χ4v) is 5.37. The number of nitrogens with zero attached hydrogens (tertiary/aromatic N) is 1. The highest BCUT2D eigenvalue weighted by molar-refractivity contribution is 5.55. The lowest BCUT2D eigenvalue weighted by Gasteiger charge is -2.48. The number of hydrogen-bond acceptors (Lipinski definition) is 3. The molecule has 0 unspecified atom stereocenters. The molecular formula is C23H18ClNO3. The van der Waals surface area contributed by atoms with Gasteiger partial charge in [0.05, 0.1) is 36.4 Å². The number of furan rings is 2. The van der Waals surface area contributed by atoms with Crippen LogP contribution in [0.5, 0.6) is 5.75 Å². The van der Waals surface area contributed by atoms with Crippen LogP contribution in [0, 0.1) is 0 Å². The van der Waals surface area contributed by atoms with E-state index < -0.39 is 0 Å². The van der Waals surface area contributed by atoms with E-state index in [0.717, 1.165) is 23.2 Å². The van der Waals surface area contributed by atoms with Gasteiger partial charge in [0.1, 0.15) is 0 Å². The lowest BCUT2D eigenvalue weighted by molar-refractivity contribution is -0.732. The van der Waals surface area contributed by atoms with Gasteiger partial charge < -0.3 is 26.3 Å². The van der Waals surface area contributed by atoms with Crippen molar-refractivity contribution in [2.75, 3.05) is 0 Å². The molecule has 0 saturated heterocycles. The lowest BCUT2D eigenvalue weighted by atomic mass is 9.54. The first-order chi connectivity index (χ1) is 13.3. The standard InChI is InChI=1S/C23H17NO3.ClH/c25-20-6-3-9-24-19-12-23(15-7-10-26-13-15,16-8-11-27-14-16)21(22(20)24)18-5-2-1-4-17(18)19;/h1-11,13-14,19,21H,12H2;1H/t19-,21+;/m1./s1. The fraction of sp³-hybridized carbons (Fsp3) is 0.174. The second-order valence-electron chi connectivity index (χ2n) is 7.46. The van der Waals surface area contributed by atoms with Gasteiger partial charge in [0.15, 0.2) is 18.0 Å². The summed E-state index contributed by atoms with van der Waals surface area (Å²) in [5, 5.41) is 10.9. The molecule has 0 radical (unpaired) electrons. The minimum absolute atomic E-state index is 0. The first-order valence-electron chi connectivity index (χ1n) is 9.18. The topological polar surface area (TPSA) is 50.4 Å². The first-order valence-corrected chi connectivity index (χ1v) is 9.18. The zero-order valence-electron chi connectivity index (χ0n) is 15.0. The fourth-order valence-electron chi connectivity index (χ4n) is 5.37. The molecular weight excluding hydrogens is 374 g/mol. The third-order valence-corrected chi connectivity index (χ3v) is 6.40. The Morgan fingerprint density at radius 2 is 1.57 bits per heavy atom. The third-order valence-electron chi connectivity index (χ3n) is 6.40. The van der Waals surface area contributed by atoms with Gasteiger partial charge in [0.25, 0.3) is 0 Å². The Kier molecular flexibility index (Phi) is 3.68. The maximum Gasteiger partial charge on any atom is 0.232 e. The van der Waals surface area contributed by atoms with E-state index in [-0.39, 0.29) is 29.8 Å². The monoisotopic (exact) mass is 391 g/mol. The molecule has 1 aromatic carbocycles. The number of aromatic hydroxyl groups is 1. The second-order valence-corrected chi connectivity index (χ2v) is 7.46. The Morgan fingerprint density at radius 3 is 2.21 bits per heavy atom. The Hall–Kier alpha value is -2.98. The van der Waals surface area contributed by atoms with Crippen LogP contribution < -0.4 is 17.0 Å². The van der Waals surface area contributed by atoms with Crippen molar-refractivity contribution in [2.24, 2.45) is 0 Å². The van der Waals surface area contributed by atoms with Gasteiger partial charge in [-0.3, -0.25) is 0 Å². The summed E-state index contributed by atoms with van der Waals surface area (Å²) in [5.41, 5.74) is 5.42. The summed E-state index contributed by atoms with van der Waals surface area (Å²) in [6.07, 6.45) is 10.1. The zero-order chi connectivity index (χ0) is 18.0. The van der Waals surface area contributed by atoms with Gasteiger partial charge in [-0.15, -0.1) is 0 Å². The van der Waals surface area contributed by atoms with E-state index in [2.05, 4.69) is 35.0 Å². The van der Waals surface area contributed by atoms with Gasteiger partial charge in [0.2, 0.25) is 5.69 Å². The molecule has 4 nitrogen and oxygen atoms in total. The molecule has 5 heteroatoms. The van der Waals surface area contributed by atoms with Crippen LogP contribution in [-0.2, 0) is 5.41 Å². The van der Waals surface area contributed by atoms with Crippen LogP contribution >= 0.6 is 0 Å². The van der Waals surface area contributed by atoms with Crippen molar-refractivity contribution in [1.29, 1.82) is 0 Å². The molecule has 7 rings (SSSR count). The van der Waals surface area contributed by atoms with Crippen molar-refractivity contribution in [1.82, 2.24) is 0 Å². The maximum atomic E-state index is 10.9. The Balaban J connectivity index is 0.00000171. The summed E-state index contributed by atoms with van der Waals surface area (Å²) < 4.78 is 13.2. The van der Waals surface area contributed by atoms with E-state index in [1.165, 1.54) is 11.1 Å². The molecule has 2 aliphatic heterocycles. The molecule has 4 aromatic rings. The van der Waals surface area contributed by atoms with Crippen molar-refractivity contribution >= 4 is 0 Å². The molecule has 1 N–H and O–H groups in total. The van der Waals surface area contributed by atoms with Gasteiger partial charge in [-0.05, 0) is 23.8 Å². The molecule has 2 atom stereocenters. The van der Waals surface area contributed by atoms with Gasteiger partial charge in [-0.2, -0.15) is 4.57 Å². The van der Waals surface area contributed by atoms with Crippen molar-refractivity contribution in [3.8, 4) is 5.75 Å². The van der Waals surface area contributed by atoms with E-state index in [0.29, 0.717) is 5.75 Å². The number of halogens is 1. The van der Waals surface area contributed by atoms with E-state index in [9.17, 15) is 5.11 Å². The van der Waals surface area contributed by atoms with Crippen LogP contribution in [0.25, 0.3) is 0 Å². The van der Waals surface area contributed by atoms with Gasteiger partial charge in [0, 0.05) is 29.2 Å². The largest absolute Gasteiger partial charge is 1.00 e. The van der Waals surface area contributed by atoms with E-state index in [1.807, 2.05) is 30.7 Å². The number of benzene rings is 1. The van der Waals surface area contributed by atoms with E-state index in [1.54, 1.807) is 18.6 Å². The Labute approximate surface area is 168 Å². The summed E-state index contributed by atoms with van der Waals surface area (Å²) in [6, 6.07) is 16.5. The summed E-state index contributed by atoms with van der Waals surface area (Å²) in [7, 11) is 0. The molecule has 5 heterocycles. The summed E-state index contributed by atoms with van der Waals surface area (Å²) in [6.45, 7) is 0. The highest BCUT2D eigenvalue weighted by Gasteiger charge is 2.61. The lowest BCUT2D eigenvalue weighted by Crippen LogP contribution is -3.00. The molecule has 3 aliphatic rings. The van der Waals surface area contributed by atoms with Crippen LogP contribution in [-0.4, -0.2) is 5.11 Å². The predicted molar refractivity (Wildman–Crippen MR) is 97.5 cm³/mol. The third kappa shape index (κ3) is 1.98. The van der Waals surface area contributed by atoms with Gasteiger partial charge in [-0.1, -0.05) is 24.3 Å². The summed E-state index contributed by atoms with van der Waals surface area (Å²) in [4.78, 5) is 0. The Bertz CT molecular complexity index is 1100. The quantitative estimate of drug-likeness (QED) is 0.524. The van der Waals surface area contributed by atoms with Crippen LogP contribution in [0.1, 0.15) is 46.3 Å². The van der Waals surface area contributed by atoms with E-state index >= 15 is 0 Å². The number of rotatable bonds is 2. The molecule has 0 amide bonds. The van der Waals surface area contributed by atoms with Crippen LogP contribution in [0.15, 0.2) is 88.6 Å². The highest BCUT2D eigenvalue weighted by atomic mass is 35.5. The molecule has 0 saturated carbocycles. The van der Waals surface area contributed by atoms with Crippen LogP contribution in [0.4, 0.5) is 0 Å². The predicted octanol–water partition coefficient (Wildman–Crippen LogP) is 1.29. The zero-order valence-corrected chi connectivity index (χ0v) is 15.7. The highest BCUT2D eigenvalue weighted by Crippen LogP contribution is 2.60. The van der Waals surface area contributed by atoms with Gasteiger partial charge >= 0.3 is 0 Å². The molecule has 3 aromatic heterocycles. The number of hydrogen-bond donors (Lipinski definition) is 1. The second kappa shape index (κ2) is 6.01. The van der Waals surface area contributed by atoms with Crippen molar-refractivity contribution in [3.63, 3.8) is 0 Å². The van der Waals surface area contributed by atoms with Crippen molar-refractivity contribution in [3.05, 3.63) is 108 Å². The van der Waals surface area contributed by atoms with Gasteiger partial charge in [-0.25, -0.2) is 0 Å². The van der Waals surface area contributed by atoms with Crippen LogP contribution in [0.2, 0.25) is 0 Å². The summed E-state index contributed by atoms with van der Waals surface area (Å²) in [5.74, 6) is 0.299. The van der Waals surface area contributed by atoms with Crippen molar-refractivity contribution in [2.45, 2.75) is 23.8 Å². The molecule has 0 spiro atoms. The number of fused-ring (bicyclic) bond motifs is 1. The Morgan fingerprint density at radius 1 is 0.893 bits per heavy atom. The minimum atomic E-state index is -0.349. The molecule has 1 aliphatic carbocycles.